The van der Waals surface area contributed by atoms with Crippen molar-refractivity contribution in [3.8, 4) is 11.8 Å². The molecule has 0 bridgehead atoms. The number of nitrogens with zero attached hydrogens (tertiary/aromatic N) is 1. The first-order valence-electron chi connectivity index (χ1n) is 3.67. The van der Waals surface area contributed by atoms with E-state index in [4.69, 9.17) is 11.0 Å². The van der Waals surface area contributed by atoms with Crippen LogP contribution in [0.3, 0.4) is 0 Å². The smallest absolute Gasteiger partial charge is 0.248 e. The molecule has 4 nitrogen and oxygen atoms in total. The van der Waals surface area contributed by atoms with Crippen LogP contribution < -0.4 is 10.5 Å². The molecule has 0 aliphatic rings. The molecule has 0 radical (unpaired) electrons. The van der Waals surface area contributed by atoms with Gasteiger partial charge in [-0.1, -0.05) is 0 Å². The first-order valence-corrected chi connectivity index (χ1v) is 3.67. The van der Waals surface area contributed by atoms with Crippen LogP contribution >= 0.6 is 0 Å². The van der Waals surface area contributed by atoms with Crippen LogP contribution in [0.25, 0.3) is 0 Å². The Morgan fingerprint density at radius 3 is 2.71 bits per heavy atom. The maximum Gasteiger partial charge on any atom is 0.248 e. The molecule has 0 saturated carbocycles. The summed E-state index contributed by atoms with van der Waals surface area (Å²) < 4.78 is 17.8. The van der Waals surface area contributed by atoms with Gasteiger partial charge in [0, 0.05) is 5.56 Å². The fourth-order valence-electron chi connectivity index (χ4n) is 1.03. The lowest BCUT2D eigenvalue weighted by atomic mass is 10.1. The third-order valence-electron chi connectivity index (χ3n) is 1.65. The number of halogens is 1. The van der Waals surface area contributed by atoms with Crippen molar-refractivity contribution in [2.24, 2.45) is 5.73 Å². The summed E-state index contributed by atoms with van der Waals surface area (Å²) in [5.41, 5.74) is 4.83. The van der Waals surface area contributed by atoms with Crippen molar-refractivity contribution >= 4 is 5.91 Å². The maximum atomic E-state index is 13.2. The average Bonchev–Trinajstić information content (AvgIpc) is 2.16. The highest BCUT2D eigenvalue weighted by Crippen LogP contribution is 2.23. The van der Waals surface area contributed by atoms with E-state index in [2.05, 4.69) is 4.74 Å². The van der Waals surface area contributed by atoms with Crippen LogP contribution in [0.2, 0.25) is 0 Å². The lowest BCUT2D eigenvalue weighted by Gasteiger charge is -2.05. The number of rotatable bonds is 2. The van der Waals surface area contributed by atoms with Gasteiger partial charge in [-0.3, -0.25) is 4.79 Å². The molecular weight excluding hydrogens is 187 g/mol. The van der Waals surface area contributed by atoms with E-state index in [9.17, 15) is 9.18 Å². The molecule has 1 rings (SSSR count). The van der Waals surface area contributed by atoms with Crippen molar-refractivity contribution in [3.63, 3.8) is 0 Å². The average molecular weight is 194 g/mol. The lowest BCUT2D eigenvalue weighted by molar-refractivity contribution is 0.0999. The molecule has 72 valence electrons. The number of nitriles is 1. The number of amides is 1. The lowest BCUT2D eigenvalue weighted by Crippen LogP contribution is -2.12. The quantitative estimate of drug-likeness (QED) is 0.756. The number of primary amides is 1. The van der Waals surface area contributed by atoms with Crippen LogP contribution in [0.1, 0.15) is 15.9 Å². The summed E-state index contributed by atoms with van der Waals surface area (Å²) in [6, 6.07) is 3.83. The van der Waals surface area contributed by atoms with Crippen LogP contribution in [0.4, 0.5) is 4.39 Å². The van der Waals surface area contributed by atoms with E-state index >= 15 is 0 Å². The number of carbonyl (C=O) groups is 1. The van der Waals surface area contributed by atoms with E-state index in [1.54, 1.807) is 6.07 Å². The van der Waals surface area contributed by atoms with Gasteiger partial charge in [-0.2, -0.15) is 5.26 Å². The molecule has 1 aromatic carbocycles. The number of hydrogen-bond acceptors (Lipinski definition) is 3. The number of ether oxygens (including phenoxy) is 1. The summed E-state index contributed by atoms with van der Waals surface area (Å²) in [7, 11) is 1.24. The summed E-state index contributed by atoms with van der Waals surface area (Å²) >= 11 is 0. The topological polar surface area (TPSA) is 76.1 Å². The predicted molar refractivity (Wildman–Crippen MR) is 46.2 cm³/mol. The Balaban J connectivity index is 3.41. The van der Waals surface area contributed by atoms with Gasteiger partial charge in [0.05, 0.1) is 12.7 Å². The molecule has 14 heavy (non-hydrogen) atoms. The molecule has 0 heterocycles. The molecule has 0 saturated heterocycles. The third kappa shape index (κ3) is 1.64. The van der Waals surface area contributed by atoms with Crippen molar-refractivity contribution in [1.29, 1.82) is 5.26 Å². The number of hydrogen-bond donors (Lipinski definition) is 1. The van der Waals surface area contributed by atoms with Crippen LogP contribution in [0, 0.1) is 17.1 Å². The van der Waals surface area contributed by atoms with E-state index in [1.807, 2.05) is 0 Å². The molecule has 1 amide bonds. The first-order chi connectivity index (χ1) is 6.60. The summed E-state index contributed by atoms with van der Waals surface area (Å²) in [5.74, 6) is -1.75. The number of nitrogens with two attached hydrogens (primary N) is 1. The van der Waals surface area contributed by atoms with Crippen molar-refractivity contribution < 1.29 is 13.9 Å². The minimum absolute atomic E-state index is 0.0544. The molecule has 0 aliphatic heterocycles. The highest BCUT2D eigenvalue weighted by atomic mass is 19.1. The Bertz CT molecular complexity index is 424. The van der Waals surface area contributed by atoms with Gasteiger partial charge in [0.15, 0.2) is 11.6 Å². The molecule has 0 unspecified atom stereocenters. The molecule has 2 N–H and O–H groups in total. The molecule has 0 aromatic heterocycles. The van der Waals surface area contributed by atoms with Gasteiger partial charge in [0.25, 0.3) is 0 Å². The monoisotopic (exact) mass is 194 g/mol. The number of methoxy groups -OCH3 is 1. The summed E-state index contributed by atoms with van der Waals surface area (Å²) in [4.78, 5) is 10.7. The number of carbonyl (C=O) groups excluding carboxylic acids is 1. The Kier molecular flexibility index (Phi) is 2.67. The van der Waals surface area contributed by atoms with Crippen molar-refractivity contribution in [2.75, 3.05) is 7.11 Å². The van der Waals surface area contributed by atoms with Gasteiger partial charge < -0.3 is 10.5 Å². The van der Waals surface area contributed by atoms with E-state index in [0.29, 0.717) is 0 Å². The molecule has 1 aromatic rings. The molecule has 0 aliphatic carbocycles. The van der Waals surface area contributed by atoms with E-state index in [1.165, 1.54) is 13.2 Å². The van der Waals surface area contributed by atoms with Gasteiger partial charge in [-0.15, -0.1) is 0 Å². The summed E-state index contributed by atoms with van der Waals surface area (Å²) in [5, 5.41) is 8.63. The van der Waals surface area contributed by atoms with Crippen molar-refractivity contribution in [2.45, 2.75) is 0 Å². The third-order valence-corrected chi connectivity index (χ3v) is 1.65. The van der Waals surface area contributed by atoms with Gasteiger partial charge in [-0.25, -0.2) is 4.39 Å². The zero-order valence-electron chi connectivity index (χ0n) is 7.37. The second kappa shape index (κ2) is 3.75. The van der Waals surface area contributed by atoms with Gasteiger partial charge in [0.1, 0.15) is 6.07 Å². The zero-order valence-corrected chi connectivity index (χ0v) is 7.37. The first kappa shape index (κ1) is 9.99. The van der Waals surface area contributed by atoms with E-state index in [-0.39, 0.29) is 16.9 Å². The normalized spacial score (nSPS) is 9.21. The van der Waals surface area contributed by atoms with Crippen LogP contribution in [0.15, 0.2) is 12.1 Å². The van der Waals surface area contributed by atoms with Crippen LogP contribution in [-0.2, 0) is 0 Å². The van der Waals surface area contributed by atoms with Crippen molar-refractivity contribution in [1.82, 2.24) is 0 Å². The fourth-order valence-corrected chi connectivity index (χ4v) is 1.03. The van der Waals surface area contributed by atoms with Crippen molar-refractivity contribution in [3.05, 3.63) is 29.1 Å². The molecule has 5 heteroatoms. The van der Waals surface area contributed by atoms with Crippen LogP contribution in [-0.4, -0.2) is 13.0 Å². The van der Waals surface area contributed by atoms with Gasteiger partial charge in [0.2, 0.25) is 5.91 Å². The van der Waals surface area contributed by atoms with E-state index < -0.39 is 11.7 Å². The molecule has 0 spiro atoms. The zero-order chi connectivity index (χ0) is 10.7. The minimum Gasteiger partial charge on any atom is -0.492 e. The Hall–Kier alpha value is -2.09. The second-order valence-electron chi connectivity index (χ2n) is 2.51. The number of benzene rings is 1. The molecule has 0 fully saturated rings. The highest BCUT2D eigenvalue weighted by molar-refractivity contribution is 5.93. The Morgan fingerprint density at radius 2 is 2.29 bits per heavy atom. The van der Waals surface area contributed by atoms with Gasteiger partial charge in [-0.05, 0) is 12.1 Å². The largest absolute Gasteiger partial charge is 0.492 e. The second-order valence-corrected chi connectivity index (χ2v) is 2.51. The Labute approximate surface area is 79.7 Å². The molecular formula is C9H7FN2O2. The fraction of sp³-hybridized carbons (Fsp3) is 0.111. The highest BCUT2D eigenvalue weighted by Gasteiger charge is 2.13. The minimum atomic E-state index is -0.789. The Morgan fingerprint density at radius 1 is 1.64 bits per heavy atom. The maximum absolute atomic E-state index is 13.2. The van der Waals surface area contributed by atoms with Gasteiger partial charge >= 0.3 is 0 Å². The molecule has 0 atom stereocenters. The standard InChI is InChI=1S/C9H7FN2O2/c1-14-8-6(4-11)2-5(9(12)13)3-7(8)10/h2-3H,1H3,(H2,12,13). The van der Waals surface area contributed by atoms with E-state index in [0.717, 1.165) is 6.07 Å². The SMILES string of the molecule is COc1c(F)cc(C(N)=O)cc1C#N. The summed E-state index contributed by atoms with van der Waals surface area (Å²) in [6.07, 6.45) is 0. The summed E-state index contributed by atoms with van der Waals surface area (Å²) in [6.45, 7) is 0. The predicted octanol–water partition coefficient (Wildman–Crippen LogP) is 0.805. The van der Waals surface area contributed by atoms with Crippen LogP contribution in [0.5, 0.6) is 5.75 Å².